The Bertz CT molecular complexity index is 523. The smallest absolute Gasteiger partial charge is 0.241 e. The molecule has 100 valence electrons. The van der Waals surface area contributed by atoms with Crippen molar-refractivity contribution >= 4 is 27.5 Å². The van der Waals surface area contributed by atoms with Crippen molar-refractivity contribution in [2.24, 2.45) is 0 Å². The molecule has 1 aliphatic rings. The fraction of sp³-hybridized carbons (Fsp3) is 0.500. The van der Waals surface area contributed by atoms with Gasteiger partial charge in [0.25, 0.3) is 0 Å². The molecule has 0 radical (unpaired) electrons. The van der Waals surface area contributed by atoms with Crippen molar-refractivity contribution in [3.8, 4) is 0 Å². The molecule has 1 saturated heterocycles. The molecule has 0 saturated carbocycles. The molecule has 0 amide bonds. The van der Waals surface area contributed by atoms with Crippen molar-refractivity contribution in [1.82, 2.24) is 4.72 Å². The van der Waals surface area contributed by atoms with Crippen molar-refractivity contribution in [2.45, 2.75) is 30.7 Å². The summed E-state index contributed by atoms with van der Waals surface area (Å²) in [5, 5.41) is 0. The summed E-state index contributed by atoms with van der Waals surface area (Å²) in [4.78, 5) is 0.292. The highest BCUT2D eigenvalue weighted by molar-refractivity contribution is 7.99. The van der Waals surface area contributed by atoms with Crippen LogP contribution in [0, 0.1) is 6.92 Å². The van der Waals surface area contributed by atoms with Crippen molar-refractivity contribution in [1.29, 1.82) is 0 Å². The molecule has 0 bridgehead atoms. The van der Waals surface area contributed by atoms with Gasteiger partial charge in [-0.25, -0.2) is 13.1 Å². The molecule has 0 aliphatic carbocycles. The predicted molar refractivity (Wildman–Crippen MR) is 76.3 cm³/mol. The summed E-state index contributed by atoms with van der Waals surface area (Å²) < 4.78 is 27.4. The van der Waals surface area contributed by atoms with Crippen LogP contribution < -0.4 is 10.5 Å². The largest absolute Gasteiger partial charge is 0.398 e. The maximum atomic E-state index is 12.3. The second-order valence-corrected chi connectivity index (χ2v) is 7.39. The standard InChI is InChI=1S/C12H18N2O2S2/c1-9-11(13)3-2-4-12(9)18(15,16)14-10-5-7-17-8-6-10/h2-4,10,14H,5-8,13H2,1H3. The summed E-state index contributed by atoms with van der Waals surface area (Å²) in [6.45, 7) is 1.74. The van der Waals surface area contributed by atoms with Crippen LogP contribution >= 0.6 is 11.8 Å². The third-order valence-electron chi connectivity index (χ3n) is 3.16. The van der Waals surface area contributed by atoms with Gasteiger partial charge >= 0.3 is 0 Å². The van der Waals surface area contributed by atoms with E-state index < -0.39 is 10.0 Å². The van der Waals surface area contributed by atoms with Crippen LogP contribution in [-0.4, -0.2) is 26.0 Å². The van der Waals surface area contributed by atoms with Crippen molar-refractivity contribution in [2.75, 3.05) is 17.2 Å². The molecule has 0 unspecified atom stereocenters. The lowest BCUT2D eigenvalue weighted by Gasteiger charge is -2.23. The first kappa shape index (κ1) is 13.7. The molecule has 18 heavy (non-hydrogen) atoms. The molecule has 0 spiro atoms. The van der Waals surface area contributed by atoms with Gasteiger partial charge in [-0.3, -0.25) is 0 Å². The number of nitrogens with two attached hydrogens (primary N) is 1. The van der Waals surface area contributed by atoms with Gasteiger partial charge < -0.3 is 5.73 Å². The molecule has 4 nitrogen and oxygen atoms in total. The number of hydrogen-bond donors (Lipinski definition) is 2. The van der Waals surface area contributed by atoms with E-state index in [4.69, 9.17) is 5.73 Å². The van der Waals surface area contributed by atoms with Crippen LogP contribution in [0.3, 0.4) is 0 Å². The number of sulfonamides is 1. The topological polar surface area (TPSA) is 72.2 Å². The summed E-state index contributed by atoms with van der Waals surface area (Å²) in [6, 6.07) is 5.04. The van der Waals surface area contributed by atoms with Crippen LogP contribution in [0.2, 0.25) is 0 Å². The first-order valence-corrected chi connectivity index (χ1v) is 8.59. The van der Waals surface area contributed by atoms with Crippen LogP contribution in [0.4, 0.5) is 5.69 Å². The Hall–Kier alpha value is -0.720. The van der Waals surface area contributed by atoms with Crippen LogP contribution in [0.25, 0.3) is 0 Å². The fourth-order valence-electron chi connectivity index (χ4n) is 2.02. The van der Waals surface area contributed by atoms with Gasteiger partial charge in [-0.2, -0.15) is 11.8 Å². The predicted octanol–water partition coefficient (Wildman–Crippen LogP) is 1.75. The first-order valence-electron chi connectivity index (χ1n) is 5.96. The number of hydrogen-bond acceptors (Lipinski definition) is 4. The molecule has 2 rings (SSSR count). The zero-order valence-corrected chi connectivity index (χ0v) is 12.0. The summed E-state index contributed by atoms with van der Waals surface area (Å²) >= 11 is 1.87. The quantitative estimate of drug-likeness (QED) is 0.830. The van der Waals surface area contributed by atoms with Crippen LogP contribution in [0.5, 0.6) is 0 Å². The van der Waals surface area contributed by atoms with E-state index in [1.165, 1.54) is 0 Å². The highest BCUT2D eigenvalue weighted by Gasteiger charge is 2.23. The SMILES string of the molecule is Cc1c(N)cccc1S(=O)(=O)NC1CCSCC1. The number of nitrogens with one attached hydrogen (secondary N) is 1. The molecule has 1 aliphatic heterocycles. The maximum Gasteiger partial charge on any atom is 0.241 e. The molecule has 1 aromatic carbocycles. The normalized spacial score (nSPS) is 17.8. The van der Waals surface area contributed by atoms with Gasteiger partial charge in [-0.15, -0.1) is 0 Å². The lowest BCUT2D eigenvalue weighted by molar-refractivity contribution is 0.528. The Labute approximate surface area is 112 Å². The van der Waals surface area contributed by atoms with E-state index in [-0.39, 0.29) is 6.04 Å². The Morgan fingerprint density at radius 2 is 2.00 bits per heavy atom. The van der Waals surface area contributed by atoms with Gasteiger partial charge in [0.15, 0.2) is 0 Å². The van der Waals surface area contributed by atoms with E-state index in [1.807, 2.05) is 11.8 Å². The summed E-state index contributed by atoms with van der Waals surface area (Å²) in [5.41, 5.74) is 6.89. The summed E-state index contributed by atoms with van der Waals surface area (Å²) in [5.74, 6) is 2.03. The third kappa shape index (κ3) is 2.99. The van der Waals surface area contributed by atoms with Crippen molar-refractivity contribution in [3.05, 3.63) is 23.8 Å². The summed E-state index contributed by atoms with van der Waals surface area (Å²) in [6.07, 6.45) is 1.79. The van der Waals surface area contributed by atoms with Crippen LogP contribution in [0.1, 0.15) is 18.4 Å². The average molecular weight is 286 g/mol. The number of rotatable bonds is 3. The Morgan fingerprint density at radius 1 is 1.33 bits per heavy atom. The van der Waals surface area contributed by atoms with Crippen LogP contribution in [-0.2, 0) is 10.0 Å². The highest BCUT2D eigenvalue weighted by atomic mass is 32.2. The van der Waals surface area contributed by atoms with Crippen LogP contribution in [0.15, 0.2) is 23.1 Å². The van der Waals surface area contributed by atoms with E-state index in [1.54, 1.807) is 25.1 Å². The molecule has 1 fully saturated rings. The molecule has 1 aromatic rings. The van der Waals surface area contributed by atoms with Gasteiger partial charge in [0, 0.05) is 11.7 Å². The van der Waals surface area contributed by atoms with E-state index >= 15 is 0 Å². The Kier molecular flexibility index (Phi) is 4.19. The third-order valence-corrected chi connectivity index (χ3v) is 5.87. The molecule has 1 heterocycles. The van der Waals surface area contributed by atoms with Gasteiger partial charge in [0.1, 0.15) is 0 Å². The lowest BCUT2D eigenvalue weighted by Crippen LogP contribution is -2.37. The molecule has 0 aromatic heterocycles. The number of benzene rings is 1. The zero-order valence-electron chi connectivity index (χ0n) is 10.3. The second kappa shape index (κ2) is 5.50. The number of nitrogen functional groups attached to an aromatic ring is 1. The van der Waals surface area contributed by atoms with E-state index in [2.05, 4.69) is 4.72 Å². The molecular formula is C12H18N2O2S2. The Balaban J connectivity index is 2.22. The van der Waals surface area contributed by atoms with Gasteiger partial charge in [-0.1, -0.05) is 6.07 Å². The molecular weight excluding hydrogens is 268 g/mol. The van der Waals surface area contributed by atoms with Gasteiger partial charge in [-0.05, 0) is 49.0 Å². The highest BCUT2D eigenvalue weighted by Crippen LogP contribution is 2.23. The summed E-state index contributed by atoms with van der Waals surface area (Å²) in [7, 11) is -3.45. The molecule has 0 atom stereocenters. The zero-order chi connectivity index (χ0) is 13.2. The monoisotopic (exact) mass is 286 g/mol. The van der Waals surface area contributed by atoms with Gasteiger partial charge in [0.05, 0.1) is 4.90 Å². The van der Waals surface area contributed by atoms with E-state index in [9.17, 15) is 8.42 Å². The molecule has 3 N–H and O–H groups in total. The first-order chi connectivity index (χ1) is 8.50. The number of anilines is 1. The fourth-order valence-corrected chi connectivity index (χ4v) is 4.71. The van der Waals surface area contributed by atoms with Gasteiger partial charge in [0.2, 0.25) is 10.0 Å². The van der Waals surface area contributed by atoms with Crippen molar-refractivity contribution in [3.63, 3.8) is 0 Å². The average Bonchev–Trinajstić information content (AvgIpc) is 2.33. The Morgan fingerprint density at radius 3 is 2.67 bits per heavy atom. The van der Waals surface area contributed by atoms with Crippen molar-refractivity contribution < 1.29 is 8.42 Å². The lowest BCUT2D eigenvalue weighted by atomic mass is 10.2. The van der Waals surface area contributed by atoms with E-state index in [0.29, 0.717) is 16.1 Å². The second-order valence-electron chi connectivity index (χ2n) is 4.48. The maximum absolute atomic E-state index is 12.3. The minimum atomic E-state index is -3.45. The minimum absolute atomic E-state index is 0.0529. The number of thioether (sulfide) groups is 1. The molecule has 6 heteroatoms. The van der Waals surface area contributed by atoms with E-state index in [0.717, 1.165) is 24.3 Å². The minimum Gasteiger partial charge on any atom is -0.398 e.